The van der Waals surface area contributed by atoms with Gasteiger partial charge in [0, 0.05) is 18.5 Å². The van der Waals surface area contributed by atoms with Crippen molar-refractivity contribution in [1.29, 1.82) is 0 Å². The SMILES string of the molecule is CC/C=C/N=C(C)C(/C=C\C(C)CC)=C(C)C.CC1OCC(C(O)c2cccc3c2CNCC3)O1. The van der Waals surface area contributed by atoms with Gasteiger partial charge in [-0.2, -0.15) is 0 Å². The monoisotopic (exact) mass is 482 g/mol. The van der Waals surface area contributed by atoms with Crippen molar-refractivity contribution in [3.8, 4) is 0 Å². The molecule has 0 spiro atoms. The molecule has 0 radical (unpaired) electrons. The summed E-state index contributed by atoms with van der Waals surface area (Å²) in [7, 11) is 0. The van der Waals surface area contributed by atoms with E-state index in [1.165, 1.54) is 28.7 Å². The lowest BCUT2D eigenvalue weighted by atomic mass is 9.91. The molecule has 4 atom stereocenters. The quantitative estimate of drug-likeness (QED) is 0.331. The van der Waals surface area contributed by atoms with Crippen LogP contribution in [0.5, 0.6) is 0 Å². The summed E-state index contributed by atoms with van der Waals surface area (Å²) in [6, 6.07) is 6.14. The molecule has 5 heteroatoms. The van der Waals surface area contributed by atoms with E-state index in [4.69, 9.17) is 9.47 Å². The molecular weight excluding hydrogens is 436 g/mol. The van der Waals surface area contributed by atoms with Gasteiger partial charge < -0.3 is 19.9 Å². The second-order valence-electron chi connectivity index (χ2n) is 9.60. The molecule has 3 rings (SSSR count). The van der Waals surface area contributed by atoms with Crippen molar-refractivity contribution >= 4 is 5.71 Å². The van der Waals surface area contributed by atoms with Gasteiger partial charge in [0.1, 0.15) is 12.2 Å². The summed E-state index contributed by atoms with van der Waals surface area (Å²) in [5, 5.41) is 13.8. The van der Waals surface area contributed by atoms with Crippen molar-refractivity contribution in [3.63, 3.8) is 0 Å². The van der Waals surface area contributed by atoms with Crippen LogP contribution < -0.4 is 5.32 Å². The number of aliphatic hydroxyl groups is 1. The van der Waals surface area contributed by atoms with Gasteiger partial charge in [0.15, 0.2) is 6.29 Å². The minimum atomic E-state index is -0.607. The van der Waals surface area contributed by atoms with E-state index in [0.717, 1.165) is 37.2 Å². The normalized spacial score (nSPS) is 22.0. The van der Waals surface area contributed by atoms with Crippen LogP contribution >= 0.6 is 0 Å². The van der Waals surface area contributed by atoms with Crippen LogP contribution in [0.2, 0.25) is 0 Å². The highest BCUT2D eigenvalue weighted by Gasteiger charge is 2.32. The molecular formula is C30H46N2O3. The van der Waals surface area contributed by atoms with Gasteiger partial charge in [0.2, 0.25) is 0 Å². The molecule has 194 valence electrons. The van der Waals surface area contributed by atoms with Crippen LogP contribution in [-0.4, -0.2) is 36.4 Å². The van der Waals surface area contributed by atoms with Gasteiger partial charge in [-0.15, -0.1) is 0 Å². The first-order valence-electron chi connectivity index (χ1n) is 13.1. The first-order valence-corrected chi connectivity index (χ1v) is 13.1. The number of hydrogen-bond acceptors (Lipinski definition) is 5. The lowest BCUT2D eigenvalue weighted by Crippen LogP contribution is -2.28. The fourth-order valence-corrected chi connectivity index (χ4v) is 4.12. The first-order chi connectivity index (χ1) is 16.8. The Hall–Kier alpha value is -2.05. The van der Waals surface area contributed by atoms with Gasteiger partial charge in [0.25, 0.3) is 0 Å². The van der Waals surface area contributed by atoms with Crippen LogP contribution in [0.3, 0.4) is 0 Å². The highest BCUT2D eigenvalue weighted by Crippen LogP contribution is 2.30. The van der Waals surface area contributed by atoms with Gasteiger partial charge >= 0.3 is 0 Å². The topological polar surface area (TPSA) is 63.1 Å². The summed E-state index contributed by atoms with van der Waals surface area (Å²) in [4.78, 5) is 4.47. The molecule has 1 fully saturated rings. The number of nitrogens with one attached hydrogen (secondary N) is 1. The standard InChI is InChI=1S/C16H27N.C14H19NO3/c1-7-9-12-17-15(6)16(13(3)4)11-10-14(5)8-2;1-9-17-8-13(18-9)14(16)11-4-2-3-10-5-6-15-7-12(10)11/h9-12,14H,7-8H2,1-6H3;2-4,9,13-16H,5-8H2,1H3/b11-10-,12-9+,17-15?;. The third-order valence-corrected chi connectivity index (χ3v) is 6.49. The smallest absolute Gasteiger partial charge is 0.155 e. The van der Waals surface area contributed by atoms with E-state index < -0.39 is 6.10 Å². The van der Waals surface area contributed by atoms with Gasteiger partial charge in [-0.05, 0) is 75.3 Å². The van der Waals surface area contributed by atoms with Crippen molar-refractivity contribution in [3.05, 3.63) is 70.5 Å². The Labute approximate surface area is 213 Å². The van der Waals surface area contributed by atoms with Crippen molar-refractivity contribution in [2.45, 2.75) is 92.8 Å². The number of hydrogen-bond donors (Lipinski definition) is 2. The fourth-order valence-electron chi connectivity index (χ4n) is 4.12. The van der Waals surface area contributed by atoms with Crippen LogP contribution in [0.4, 0.5) is 0 Å². The summed E-state index contributed by atoms with van der Waals surface area (Å²) >= 11 is 0. The number of aliphatic imine (C=N–C) groups is 1. The van der Waals surface area contributed by atoms with Gasteiger partial charge in [-0.3, -0.25) is 4.99 Å². The average Bonchev–Trinajstić information content (AvgIpc) is 3.29. The number of ether oxygens (including phenoxy) is 2. The molecule has 0 aliphatic carbocycles. The molecule has 35 heavy (non-hydrogen) atoms. The maximum Gasteiger partial charge on any atom is 0.155 e. The number of aliphatic hydroxyl groups excluding tert-OH is 1. The largest absolute Gasteiger partial charge is 0.386 e. The van der Waals surface area contributed by atoms with Crippen LogP contribution in [0.1, 0.15) is 84.1 Å². The maximum absolute atomic E-state index is 10.5. The lowest BCUT2D eigenvalue weighted by molar-refractivity contribution is -0.0693. The summed E-state index contributed by atoms with van der Waals surface area (Å²) < 4.78 is 10.9. The predicted octanol–water partition coefficient (Wildman–Crippen LogP) is 6.44. The third-order valence-electron chi connectivity index (χ3n) is 6.49. The van der Waals surface area contributed by atoms with Crippen LogP contribution in [0, 0.1) is 5.92 Å². The van der Waals surface area contributed by atoms with Gasteiger partial charge in [-0.25, -0.2) is 0 Å². The Morgan fingerprint density at radius 2 is 2.03 bits per heavy atom. The zero-order chi connectivity index (χ0) is 25.8. The molecule has 2 N–H and O–H groups in total. The van der Waals surface area contributed by atoms with Crippen LogP contribution in [0.25, 0.3) is 0 Å². The van der Waals surface area contributed by atoms with Crippen molar-refractivity contribution in [1.82, 2.24) is 5.32 Å². The van der Waals surface area contributed by atoms with Crippen molar-refractivity contribution < 1.29 is 14.6 Å². The zero-order valence-electron chi connectivity index (χ0n) is 22.8. The number of benzene rings is 1. The molecule has 5 nitrogen and oxygen atoms in total. The Morgan fingerprint density at radius 1 is 1.26 bits per heavy atom. The van der Waals surface area contributed by atoms with Crippen LogP contribution in [0.15, 0.2) is 58.8 Å². The fraction of sp³-hybridized carbons (Fsp3) is 0.567. The average molecular weight is 483 g/mol. The molecule has 0 amide bonds. The maximum atomic E-state index is 10.5. The molecule has 2 aliphatic heterocycles. The third kappa shape index (κ3) is 9.16. The molecule has 1 aromatic rings. The molecule has 2 aliphatic rings. The van der Waals surface area contributed by atoms with E-state index in [-0.39, 0.29) is 12.4 Å². The first kappa shape index (κ1) is 29.2. The second-order valence-corrected chi connectivity index (χ2v) is 9.60. The molecule has 0 saturated carbocycles. The Kier molecular flexibility index (Phi) is 12.6. The van der Waals surface area contributed by atoms with E-state index in [0.29, 0.717) is 12.5 Å². The van der Waals surface area contributed by atoms with Crippen LogP contribution in [-0.2, 0) is 22.4 Å². The minimum absolute atomic E-state index is 0.220. The summed E-state index contributed by atoms with van der Waals surface area (Å²) in [6.45, 7) is 17.1. The van der Waals surface area contributed by atoms with E-state index in [9.17, 15) is 5.11 Å². The van der Waals surface area contributed by atoms with E-state index >= 15 is 0 Å². The lowest BCUT2D eigenvalue weighted by Gasteiger charge is -2.25. The second kappa shape index (κ2) is 15.1. The van der Waals surface area contributed by atoms with Crippen molar-refractivity contribution in [2.75, 3.05) is 13.2 Å². The number of allylic oxidation sites excluding steroid dienone is 5. The van der Waals surface area contributed by atoms with Crippen molar-refractivity contribution in [2.24, 2.45) is 10.9 Å². The summed E-state index contributed by atoms with van der Waals surface area (Å²) in [5.41, 5.74) is 7.19. The minimum Gasteiger partial charge on any atom is -0.386 e. The zero-order valence-corrected chi connectivity index (χ0v) is 22.8. The Morgan fingerprint density at radius 3 is 2.66 bits per heavy atom. The summed E-state index contributed by atoms with van der Waals surface area (Å²) in [5.74, 6) is 0.628. The number of rotatable bonds is 8. The summed E-state index contributed by atoms with van der Waals surface area (Å²) in [6.07, 6.45) is 10.6. The number of fused-ring (bicyclic) bond motifs is 1. The predicted molar refractivity (Wildman–Crippen MR) is 147 cm³/mol. The highest BCUT2D eigenvalue weighted by molar-refractivity contribution is 6.01. The Bertz CT molecular complexity index is 912. The number of nitrogens with zero attached hydrogens (tertiary/aromatic N) is 1. The Balaban J connectivity index is 0.000000248. The van der Waals surface area contributed by atoms with E-state index in [1.54, 1.807) is 0 Å². The van der Waals surface area contributed by atoms with E-state index in [2.05, 4.69) is 76.1 Å². The molecule has 4 unspecified atom stereocenters. The molecule has 1 saturated heterocycles. The van der Waals surface area contributed by atoms with Gasteiger partial charge in [-0.1, -0.05) is 69.2 Å². The molecule has 2 heterocycles. The molecule has 0 aromatic heterocycles. The van der Waals surface area contributed by atoms with Gasteiger partial charge in [0.05, 0.1) is 6.61 Å². The van der Waals surface area contributed by atoms with E-state index in [1.807, 2.05) is 25.3 Å². The molecule has 0 bridgehead atoms. The highest BCUT2D eigenvalue weighted by atomic mass is 16.7. The molecule has 1 aromatic carbocycles.